The quantitative estimate of drug-likeness (QED) is 0.264. The van der Waals surface area contributed by atoms with Crippen LogP contribution in [0.15, 0.2) is 4.99 Å². The molecule has 0 amide bonds. The SMILES string of the molecule is CCCC(O)(CCC)CN=C(NCC)NCCS(=O)(=O)NCC1CCCCO1. The zero-order chi connectivity index (χ0) is 20.9. The molecule has 0 aromatic carbocycles. The zero-order valence-electron chi connectivity index (χ0n) is 17.8. The Balaban J connectivity index is 2.47. The Morgan fingerprint density at radius 3 is 2.46 bits per heavy atom. The van der Waals surface area contributed by atoms with Crippen molar-refractivity contribution in [2.24, 2.45) is 4.99 Å². The Bertz CT molecular complexity index is 542. The molecule has 0 aliphatic carbocycles. The third-order valence-corrected chi connectivity index (χ3v) is 6.12. The maximum absolute atomic E-state index is 12.2. The Morgan fingerprint density at radius 2 is 1.89 bits per heavy atom. The van der Waals surface area contributed by atoms with Gasteiger partial charge in [0, 0.05) is 26.2 Å². The Kier molecular flexibility index (Phi) is 12.0. The maximum atomic E-state index is 12.2. The predicted molar refractivity (Wildman–Crippen MR) is 114 cm³/mol. The van der Waals surface area contributed by atoms with Gasteiger partial charge in [-0.1, -0.05) is 26.7 Å². The summed E-state index contributed by atoms with van der Waals surface area (Å²) in [5.41, 5.74) is -0.806. The lowest BCUT2D eigenvalue weighted by Gasteiger charge is -2.26. The number of aliphatic imine (C=N–C) groups is 1. The molecular formula is C19H40N4O4S. The van der Waals surface area contributed by atoms with E-state index in [2.05, 4.69) is 20.3 Å². The van der Waals surface area contributed by atoms with E-state index >= 15 is 0 Å². The van der Waals surface area contributed by atoms with Crippen molar-refractivity contribution in [2.45, 2.75) is 77.4 Å². The second-order valence-corrected chi connectivity index (χ2v) is 9.43. The second-order valence-electron chi connectivity index (χ2n) is 7.50. The molecule has 1 heterocycles. The van der Waals surface area contributed by atoms with Gasteiger partial charge < -0.3 is 20.5 Å². The largest absolute Gasteiger partial charge is 0.388 e. The Labute approximate surface area is 171 Å². The molecule has 8 nitrogen and oxygen atoms in total. The van der Waals surface area contributed by atoms with Gasteiger partial charge in [-0.05, 0) is 39.0 Å². The second kappa shape index (κ2) is 13.3. The van der Waals surface area contributed by atoms with Crippen LogP contribution in [-0.4, -0.2) is 69.7 Å². The van der Waals surface area contributed by atoms with E-state index in [1.54, 1.807) is 0 Å². The van der Waals surface area contributed by atoms with Crippen LogP contribution in [0.5, 0.6) is 0 Å². The molecule has 166 valence electrons. The van der Waals surface area contributed by atoms with Gasteiger partial charge >= 0.3 is 0 Å². The van der Waals surface area contributed by atoms with Crippen LogP contribution in [0.1, 0.15) is 65.7 Å². The summed E-state index contributed by atoms with van der Waals surface area (Å²) in [7, 11) is -3.38. The van der Waals surface area contributed by atoms with E-state index in [1.165, 1.54) is 0 Å². The molecule has 28 heavy (non-hydrogen) atoms. The van der Waals surface area contributed by atoms with Crippen LogP contribution in [0.25, 0.3) is 0 Å². The monoisotopic (exact) mass is 420 g/mol. The van der Waals surface area contributed by atoms with Crippen LogP contribution in [0, 0.1) is 0 Å². The minimum Gasteiger partial charge on any atom is -0.388 e. The molecule has 1 atom stereocenters. The highest BCUT2D eigenvalue weighted by Crippen LogP contribution is 2.19. The van der Waals surface area contributed by atoms with Gasteiger partial charge in [-0.15, -0.1) is 0 Å². The topological polar surface area (TPSA) is 112 Å². The highest BCUT2D eigenvalue weighted by atomic mass is 32.2. The van der Waals surface area contributed by atoms with Gasteiger partial charge in [-0.2, -0.15) is 0 Å². The first-order chi connectivity index (χ1) is 13.3. The number of nitrogens with one attached hydrogen (secondary N) is 3. The number of guanidine groups is 1. The summed E-state index contributed by atoms with van der Waals surface area (Å²) in [5, 5.41) is 16.8. The molecule has 1 fully saturated rings. The number of rotatable bonds is 13. The predicted octanol–water partition coefficient (Wildman–Crippen LogP) is 1.36. The number of nitrogens with zero attached hydrogens (tertiary/aromatic N) is 1. The molecule has 1 unspecified atom stereocenters. The number of aliphatic hydroxyl groups is 1. The van der Waals surface area contributed by atoms with E-state index in [0.717, 1.165) is 32.1 Å². The van der Waals surface area contributed by atoms with Crippen molar-refractivity contribution < 1.29 is 18.3 Å². The van der Waals surface area contributed by atoms with Gasteiger partial charge in [0.2, 0.25) is 10.0 Å². The summed E-state index contributed by atoms with van der Waals surface area (Å²) in [6.45, 7) is 8.28. The fraction of sp³-hybridized carbons (Fsp3) is 0.947. The highest BCUT2D eigenvalue weighted by molar-refractivity contribution is 7.89. The first-order valence-corrected chi connectivity index (χ1v) is 12.3. The van der Waals surface area contributed by atoms with Gasteiger partial charge in [-0.25, -0.2) is 13.1 Å². The molecule has 9 heteroatoms. The minimum absolute atomic E-state index is 0.0230. The first kappa shape index (κ1) is 25.1. The minimum atomic E-state index is -3.38. The molecule has 1 aliphatic rings. The van der Waals surface area contributed by atoms with Crippen molar-refractivity contribution in [3.8, 4) is 0 Å². The molecule has 1 aliphatic heterocycles. The van der Waals surface area contributed by atoms with Crippen LogP contribution < -0.4 is 15.4 Å². The van der Waals surface area contributed by atoms with Gasteiger partial charge in [-0.3, -0.25) is 4.99 Å². The van der Waals surface area contributed by atoms with E-state index in [-0.39, 0.29) is 18.4 Å². The van der Waals surface area contributed by atoms with Crippen LogP contribution >= 0.6 is 0 Å². The standard InChI is InChI=1S/C19H40N4O4S/c1-4-10-19(24,11-5-2)16-22-18(20-6-3)21-12-14-28(25,26)23-15-17-9-7-8-13-27-17/h17,23-24H,4-16H2,1-3H3,(H2,20,21,22). The molecular weight excluding hydrogens is 380 g/mol. The van der Waals surface area contributed by atoms with Crippen LogP contribution in [0.4, 0.5) is 0 Å². The molecule has 1 saturated heterocycles. The molecule has 0 bridgehead atoms. The number of sulfonamides is 1. The van der Waals surface area contributed by atoms with Gasteiger partial charge in [0.1, 0.15) is 0 Å². The third kappa shape index (κ3) is 10.6. The van der Waals surface area contributed by atoms with Gasteiger partial charge in [0.25, 0.3) is 0 Å². The molecule has 4 N–H and O–H groups in total. The highest BCUT2D eigenvalue weighted by Gasteiger charge is 2.24. The number of ether oxygens (including phenoxy) is 1. The summed E-state index contributed by atoms with van der Waals surface area (Å²) < 4.78 is 32.6. The van der Waals surface area contributed by atoms with Crippen LogP contribution in [0.3, 0.4) is 0 Å². The van der Waals surface area contributed by atoms with E-state index < -0.39 is 15.6 Å². The first-order valence-electron chi connectivity index (χ1n) is 10.7. The smallest absolute Gasteiger partial charge is 0.213 e. The fourth-order valence-corrected chi connectivity index (χ4v) is 4.30. The van der Waals surface area contributed by atoms with Crippen molar-refractivity contribution in [3.05, 3.63) is 0 Å². The Morgan fingerprint density at radius 1 is 1.18 bits per heavy atom. The maximum Gasteiger partial charge on any atom is 0.213 e. The average molecular weight is 421 g/mol. The summed E-state index contributed by atoms with van der Waals surface area (Å²) in [6.07, 6.45) is 6.19. The molecule has 0 aromatic heterocycles. The van der Waals surface area contributed by atoms with Gasteiger partial charge in [0.05, 0.1) is 24.0 Å². The normalized spacial score (nSPS) is 18.9. The molecule has 0 spiro atoms. The van der Waals surface area contributed by atoms with E-state index in [9.17, 15) is 13.5 Å². The van der Waals surface area contributed by atoms with Crippen LogP contribution in [0.2, 0.25) is 0 Å². The molecule has 0 aromatic rings. The summed E-state index contributed by atoms with van der Waals surface area (Å²) in [4.78, 5) is 4.47. The van der Waals surface area contributed by atoms with Crippen molar-refractivity contribution in [1.29, 1.82) is 0 Å². The third-order valence-electron chi connectivity index (χ3n) is 4.77. The van der Waals surface area contributed by atoms with E-state index in [4.69, 9.17) is 4.74 Å². The zero-order valence-corrected chi connectivity index (χ0v) is 18.6. The van der Waals surface area contributed by atoms with E-state index in [0.29, 0.717) is 45.0 Å². The summed E-state index contributed by atoms with van der Waals surface area (Å²) in [5.74, 6) is 0.483. The van der Waals surface area contributed by atoms with E-state index in [1.807, 2.05) is 20.8 Å². The Hall–Kier alpha value is -0.900. The van der Waals surface area contributed by atoms with Crippen molar-refractivity contribution in [3.63, 3.8) is 0 Å². The lowest BCUT2D eigenvalue weighted by atomic mass is 9.93. The van der Waals surface area contributed by atoms with Crippen LogP contribution in [-0.2, 0) is 14.8 Å². The van der Waals surface area contributed by atoms with Crippen molar-refractivity contribution in [2.75, 3.05) is 38.5 Å². The molecule has 0 radical (unpaired) electrons. The molecule has 0 saturated carbocycles. The lowest BCUT2D eigenvalue weighted by molar-refractivity contribution is 0.0200. The van der Waals surface area contributed by atoms with Gasteiger partial charge in [0.15, 0.2) is 5.96 Å². The lowest BCUT2D eigenvalue weighted by Crippen LogP contribution is -2.43. The fourth-order valence-electron chi connectivity index (χ4n) is 3.35. The summed E-state index contributed by atoms with van der Waals surface area (Å²) >= 11 is 0. The number of hydrogen-bond acceptors (Lipinski definition) is 5. The molecule has 1 rings (SSSR count). The number of hydrogen-bond donors (Lipinski definition) is 4. The average Bonchev–Trinajstić information content (AvgIpc) is 2.66. The van der Waals surface area contributed by atoms with Crippen molar-refractivity contribution in [1.82, 2.24) is 15.4 Å². The summed E-state index contributed by atoms with van der Waals surface area (Å²) in [6, 6.07) is 0. The van der Waals surface area contributed by atoms with Crippen molar-refractivity contribution >= 4 is 16.0 Å².